The zero-order valence-electron chi connectivity index (χ0n) is 12.9. The molecule has 6 atom stereocenters. The molecule has 2 saturated heterocycles. The van der Waals surface area contributed by atoms with Gasteiger partial charge in [-0.15, -0.1) is 0 Å². The second-order valence-corrected chi connectivity index (χ2v) is 6.55. The Morgan fingerprint density at radius 1 is 1.43 bits per heavy atom. The molecule has 3 aliphatic rings. The van der Waals surface area contributed by atoms with E-state index in [-0.39, 0.29) is 35.9 Å². The van der Waals surface area contributed by atoms with Crippen LogP contribution in [0.25, 0.3) is 0 Å². The summed E-state index contributed by atoms with van der Waals surface area (Å²) >= 11 is 0. The standard InChI is InChI=1S/C16H24O5/c1-10(2)4-5-12-15(21-12)13-14(18-3)11(19-9-17)6-7-16(13)8-20-16/h4,9,11-15H,5-8H2,1-3H3. The Morgan fingerprint density at radius 3 is 2.76 bits per heavy atom. The molecule has 3 rings (SSSR count). The van der Waals surface area contributed by atoms with Crippen molar-refractivity contribution in [1.82, 2.24) is 0 Å². The van der Waals surface area contributed by atoms with Crippen molar-refractivity contribution in [2.45, 2.75) is 63.1 Å². The molecule has 0 bridgehead atoms. The SMILES string of the molecule is COC1C(OC=O)CCC2(CO2)C1C1OC1CC=C(C)C. The summed E-state index contributed by atoms with van der Waals surface area (Å²) in [6.45, 7) is 5.47. The van der Waals surface area contributed by atoms with Crippen LogP contribution in [0.5, 0.6) is 0 Å². The minimum atomic E-state index is -0.194. The summed E-state index contributed by atoms with van der Waals surface area (Å²) in [5, 5.41) is 0. The molecule has 21 heavy (non-hydrogen) atoms. The molecular formula is C16H24O5. The van der Waals surface area contributed by atoms with Crippen LogP contribution in [0, 0.1) is 5.92 Å². The van der Waals surface area contributed by atoms with Gasteiger partial charge in [-0.05, 0) is 33.1 Å². The highest BCUT2D eigenvalue weighted by atomic mass is 16.6. The predicted octanol–water partition coefficient (Wildman–Crippen LogP) is 1.85. The number of hydrogen-bond acceptors (Lipinski definition) is 5. The van der Waals surface area contributed by atoms with E-state index in [9.17, 15) is 4.79 Å². The Balaban J connectivity index is 1.71. The van der Waals surface area contributed by atoms with Crippen molar-refractivity contribution in [2.75, 3.05) is 13.7 Å². The summed E-state index contributed by atoms with van der Waals surface area (Å²) in [4.78, 5) is 10.7. The van der Waals surface area contributed by atoms with E-state index in [1.165, 1.54) is 5.57 Å². The molecule has 5 nitrogen and oxygen atoms in total. The van der Waals surface area contributed by atoms with Crippen molar-refractivity contribution in [3.63, 3.8) is 0 Å². The van der Waals surface area contributed by atoms with Crippen LogP contribution in [0.2, 0.25) is 0 Å². The average Bonchev–Trinajstić information content (AvgIpc) is 3.36. The van der Waals surface area contributed by atoms with Crippen molar-refractivity contribution in [2.24, 2.45) is 5.92 Å². The van der Waals surface area contributed by atoms with Crippen molar-refractivity contribution in [3.05, 3.63) is 11.6 Å². The average molecular weight is 296 g/mol. The Morgan fingerprint density at radius 2 is 2.19 bits per heavy atom. The van der Waals surface area contributed by atoms with Gasteiger partial charge in [0.1, 0.15) is 12.2 Å². The van der Waals surface area contributed by atoms with Crippen LogP contribution in [0.3, 0.4) is 0 Å². The number of epoxide rings is 2. The number of carbonyl (C=O) groups is 1. The van der Waals surface area contributed by atoms with Crippen LogP contribution in [-0.2, 0) is 23.7 Å². The van der Waals surface area contributed by atoms with E-state index < -0.39 is 0 Å². The van der Waals surface area contributed by atoms with E-state index in [0.29, 0.717) is 6.47 Å². The lowest BCUT2D eigenvalue weighted by atomic mass is 9.73. The van der Waals surface area contributed by atoms with Gasteiger partial charge in [-0.2, -0.15) is 0 Å². The molecule has 2 aliphatic heterocycles. The summed E-state index contributed by atoms with van der Waals surface area (Å²) in [7, 11) is 1.67. The number of carbonyl (C=O) groups excluding carboxylic acids is 1. The first-order valence-corrected chi connectivity index (χ1v) is 7.66. The highest BCUT2D eigenvalue weighted by molar-refractivity contribution is 5.38. The third kappa shape index (κ3) is 2.87. The number of hydrogen-bond donors (Lipinski definition) is 0. The fourth-order valence-electron chi connectivity index (χ4n) is 3.69. The zero-order valence-corrected chi connectivity index (χ0v) is 12.9. The molecule has 0 N–H and O–H groups in total. The minimum Gasteiger partial charge on any atom is -0.462 e. The Kier molecular flexibility index (Phi) is 4.08. The van der Waals surface area contributed by atoms with Gasteiger partial charge in [0, 0.05) is 13.0 Å². The van der Waals surface area contributed by atoms with Gasteiger partial charge in [-0.3, -0.25) is 4.79 Å². The van der Waals surface area contributed by atoms with Gasteiger partial charge < -0.3 is 18.9 Å². The second kappa shape index (κ2) is 5.71. The molecule has 5 heteroatoms. The number of allylic oxidation sites excluding steroid dienone is 1. The highest BCUT2D eigenvalue weighted by Crippen LogP contribution is 2.54. The zero-order chi connectivity index (χ0) is 15.0. The molecule has 0 radical (unpaired) electrons. The van der Waals surface area contributed by atoms with Crippen molar-refractivity contribution < 1.29 is 23.7 Å². The number of ether oxygens (including phenoxy) is 4. The lowest BCUT2D eigenvalue weighted by Gasteiger charge is -2.39. The summed E-state index contributed by atoms with van der Waals surface area (Å²) in [6, 6.07) is 0. The normalized spacial score (nSPS) is 44.2. The molecular weight excluding hydrogens is 272 g/mol. The van der Waals surface area contributed by atoms with Crippen LogP contribution in [-0.4, -0.2) is 50.2 Å². The third-order valence-corrected chi connectivity index (χ3v) is 4.93. The van der Waals surface area contributed by atoms with Crippen LogP contribution >= 0.6 is 0 Å². The van der Waals surface area contributed by atoms with Gasteiger partial charge in [0.15, 0.2) is 0 Å². The molecule has 0 aromatic rings. The van der Waals surface area contributed by atoms with E-state index in [0.717, 1.165) is 25.9 Å². The maximum absolute atomic E-state index is 10.7. The first-order chi connectivity index (χ1) is 10.1. The molecule has 0 amide bonds. The minimum absolute atomic E-state index is 0.117. The fraction of sp³-hybridized carbons (Fsp3) is 0.812. The largest absolute Gasteiger partial charge is 0.462 e. The molecule has 6 unspecified atom stereocenters. The highest BCUT2D eigenvalue weighted by Gasteiger charge is 2.66. The third-order valence-electron chi connectivity index (χ3n) is 4.93. The molecule has 1 spiro atoms. The lowest BCUT2D eigenvalue weighted by Crippen LogP contribution is -2.52. The molecule has 0 aromatic heterocycles. The van der Waals surface area contributed by atoms with E-state index in [1.807, 2.05) is 0 Å². The summed E-state index contributed by atoms with van der Waals surface area (Å²) in [5.74, 6) is 0.150. The van der Waals surface area contributed by atoms with E-state index in [4.69, 9.17) is 18.9 Å². The van der Waals surface area contributed by atoms with Gasteiger partial charge in [0.05, 0.1) is 24.4 Å². The van der Waals surface area contributed by atoms with Crippen LogP contribution < -0.4 is 0 Å². The van der Waals surface area contributed by atoms with Crippen molar-refractivity contribution >= 4 is 6.47 Å². The Bertz CT molecular complexity index is 424. The van der Waals surface area contributed by atoms with E-state index in [2.05, 4.69) is 19.9 Å². The fourth-order valence-corrected chi connectivity index (χ4v) is 3.69. The van der Waals surface area contributed by atoms with E-state index >= 15 is 0 Å². The molecule has 0 aromatic carbocycles. The number of methoxy groups -OCH3 is 1. The van der Waals surface area contributed by atoms with Gasteiger partial charge in [0.2, 0.25) is 0 Å². The molecule has 1 aliphatic carbocycles. The van der Waals surface area contributed by atoms with E-state index in [1.54, 1.807) is 7.11 Å². The summed E-state index contributed by atoms with van der Waals surface area (Å²) in [6.07, 6.45) is 4.87. The monoisotopic (exact) mass is 296 g/mol. The Labute approximate surface area is 125 Å². The maximum Gasteiger partial charge on any atom is 0.293 e. The quantitative estimate of drug-likeness (QED) is 0.425. The first-order valence-electron chi connectivity index (χ1n) is 7.66. The molecule has 118 valence electrons. The molecule has 1 saturated carbocycles. The van der Waals surface area contributed by atoms with Crippen molar-refractivity contribution in [1.29, 1.82) is 0 Å². The molecule has 2 heterocycles. The smallest absolute Gasteiger partial charge is 0.293 e. The molecule has 3 fully saturated rings. The summed E-state index contributed by atoms with van der Waals surface area (Å²) in [5.41, 5.74) is 1.18. The van der Waals surface area contributed by atoms with Crippen LogP contribution in [0.15, 0.2) is 11.6 Å². The lowest BCUT2D eigenvalue weighted by molar-refractivity contribution is -0.154. The van der Waals surface area contributed by atoms with Crippen LogP contribution in [0.4, 0.5) is 0 Å². The van der Waals surface area contributed by atoms with Crippen molar-refractivity contribution in [3.8, 4) is 0 Å². The first kappa shape index (κ1) is 15.0. The number of rotatable bonds is 6. The predicted molar refractivity (Wildman–Crippen MR) is 75.9 cm³/mol. The van der Waals surface area contributed by atoms with Gasteiger partial charge in [0.25, 0.3) is 6.47 Å². The maximum atomic E-state index is 10.7. The Hall–Kier alpha value is -0.910. The van der Waals surface area contributed by atoms with Gasteiger partial charge >= 0.3 is 0 Å². The van der Waals surface area contributed by atoms with Gasteiger partial charge in [-0.25, -0.2) is 0 Å². The second-order valence-electron chi connectivity index (χ2n) is 6.55. The van der Waals surface area contributed by atoms with Crippen LogP contribution in [0.1, 0.15) is 33.1 Å². The van der Waals surface area contributed by atoms with Gasteiger partial charge in [-0.1, -0.05) is 11.6 Å². The topological polar surface area (TPSA) is 60.6 Å². The summed E-state index contributed by atoms with van der Waals surface area (Å²) < 4.78 is 22.5.